The maximum absolute atomic E-state index is 11.0. The van der Waals surface area contributed by atoms with Crippen LogP contribution >= 0.6 is 23.1 Å². The second-order valence-corrected chi connectivity index (χ2v) is 11.0. The standard InChI is InChI=1S/C26H31N5O3S2/c1-26(2,16-32)31-23-21-22(28-24(30-23)35-15-17-10-6-4-7-11-17)29-25(36-21)27-19(14-34-3)20(33)18-12-8-5-9-13-18/h4-13,19-20,32-33H,14-16H2,1-3H3,(H2,27,28,29,30,31)/t19-,20+/m1/s1. The lowest BCUT2D eigenvalue weighted by molar-refractivity contribution is 0.0956. The van der Waals surface area contributed by atoms with Gasteiger partial charge in [-0.25, -0.2) is 9.97 Å². The number of benzene rings is 2. The SMILES string of the molecule is COC[C@@H](Nc1nc2nc(SCc3ccccc3)nc(NC(C)(C)CO)c2s1)[C@@H](O)c1ccccc1. The summed E-state index contributed by atoms with van der Waals surface area (Å²) in [5.41, 5.74) is 1.94. The van der Waals surface area contributed by atoms with Crippen molar-refractivity contribution in [3.05, 3.63) is 71.8 Å². The maximum atomic E-state index is 11.0. The summed E-state index contributed by atoms with van der Waals surface area (Å²) in [4.78, 5) is 14.2. The van der Waals surface area contributed by atoms with Crippen LogP contribution in [-0.4, -0.2) is 57.1 Å². The number of anilines is 2. The highest BCUT2D eigenvalue weighted by Gasteiger charge is 2.25. The Labute approximate surface area is 219 Å². The number of hydrogen-bond donors (Lipinski definition) is 4. The number of rotatable bonds is 12. The van der Waals surface area contributed by atoms with Crippen LogP contribution in [0, 0.1) is 0 Å². The molecular formula is C26H31N5O3S2. The molecule has 0 saturated carbocycles. The number of nitrogens with zero attached hydrogens (tertiary/aromatic N) is 3. The number of hydrogen-bond acceptors (Lipinski definition) is 10. The summed E-state index contributed by atoms with van der Waals surface area (Å²) in [6.07, 6.45) is -0.785. The Hall–Kier alpha value is -2.76. The minimum absolute atomic E-state index is 0.0614. The van der Waals surface area contributed by atoms with Crippen LogP contribution in [-0.2, 0) is 10.5 Å². The van der Waals surface area contributed by atoms with Gasteiger partial charge in [0.25, 0.3) is 0 Å². The average molecular weight is 526 g/mol. The Morgan fingerprint density at radius 1 is 1.03 bits per heavy atom. The molecule has 2 heterocycles. The van der Waals surface area contributed by atoms with Crippen molar-refractivity contribution in [3.63, 3.8) is 0 Å². The van der Waals surface area contributed by atoms with Gasteiger partial charge in [0, 0.05) is 12.9 Å². The lowest BCUT2D eigenvalue weighted by Crippen LogP contribution is -2.35. The van der Waals surface area contributed by atoms with E-state index in [2.05, 4.69) is 22.8 Å². The number of methoxy groups -OCH3 is 1. The van der Waals surface area contributed by atoms with E-state index < -0.39 is 17.7 Å². The first-order valence-electron chi connectivity index (χ1n) is 11.6. The molecule has 190 valence electrons. The Morgan fingerprint density at radius 3 is 2.39 bits per heavy atom. The van der Waals surface area contributed by atoms with E-state index >= 15 is 0 Å². The Morgan fingerprint density at radius 2 is 1.72 bits per heavy atom. The molecule has 0 aliphatic rings. The van der Waals surface area contributed by atoms with Crippen LogP contribution < -0.4 is 10.6 Å². The number of ether oxygens (including phenoxy) is 1. The van der Waals surface area contributed by atoms with E-state index in [0.717, 1.165) is 16.0 Å². The maximum Gasteiger partial charge on any atom is 0.191 e. The molecule has 2 atom stereocenters. The van der Waals surface area contributed by atoms with E-state index in [1.54, 1.807) is 7.11 Å². The van der Waals surface area contributed by atoms with Crippen LogP contribution in [0.25, 0.3) is 10.3 Å². The summed E-state index contributed by atoms with van der Waals surface area (Å²) in [6.45, 7) is 4.04. The van der Waals surface area contributed by atoms with E-state index in [1.807, 2.05) is 62.4 Å². The highest BCUT2D eigenvalue weighted by atomic mass is 32.2. The van der Waals surface area contributed by atoms with E-state index in [9.17, 15) is 10.2 Å². The molecule has 8 nitrogen and oxygen atoms in total. The van der Waals surface area contributed by atoms with Gasteiger partial charge in [-0.15, -0.1) is 0 Å². The van der Waals surface area contributed by atoms with Gasteiger partial charge in [0.1, 0.15) is 10.8 Å². The van der Waals surface area contributed by atoms with Crippen LogP contribution in [0.1, 0.15) is 31.1 Å². The molecular weight excluding hydrogens is 494 g/mol. The number of thioether (sulfide) groups is 1. The van der Waals surface area contributed by atoms with Crippen LogP contribution in [0.3, 0.4) is 0 Å². The van der Waals surface area contributed by atoms with Gasteiger partial charge < -0.3 is 25.6 Å². The zero-order chi connectivity index (χ0) is 25.5. The molecule has 36 heavy (non-hydrogen) atoms. The second kappa shape index (κ2) is 12.0. The van der Waals surface area contributed by atoms with Gasteiger partial charge in [-0.1, -0.05) is 83.8 Å². The number of thiazole rings is 1. The topological polar surface area (TPSA) is 112 Å². The summed E-state index contributed by atoms with van der Waals surface area (Å²) >= 11 is 2.93. The summed E-state index contributed by atoms with van der Waals surface area (Å²) in [5, 5.41) is 28.7. The first-order chi connectivity index (χ1) is 17.4. The molecule has 0 bridgehead atoms. The molecule has 4 aromatic rings. The highest BCUT2D eigenvalue weighted by molar-refractivity contribution is 7.98. The van der Waals surface area contributed by atoms with Crippen molar-refractivity contribution in [2.24, 2.45) is 0 Å². The Balaban J connectivity index is 1.63. The number of aliphatic hydroxyl groups is 2. The Kier molecular flexibility index (Phi) is 8.76. The van der Waals surface area contributed by atoms with Crippen molar-refractivity contribution < 1.29 is 14.9 Å². The van der Waals surface area contributed by atoms with E-state index in [4.69, 9.17) is 19.7 Å². The molecule has 0 aliphatic carbocycles. The van der Waals surface area contributed by atoms with Crippen LogP contribution in [0.4, 0.5) is 10.9 Å². The molecule has 4 N–H and O–H groups in total. The van der Waals surface area contributed by atoms with Crippen LogP contribution in [0.15, 0.2) is 65.8 Å². The van der Waals surface area contributed by atoms with Crippen molar-refractivity contribution >= 4 is 44.4 Å². The molecule has 2 aromatic heterocycles. The molecule has 0 aliphatic heterocycles. The van der Waals surface area contributed by atoms with E-state index in [-0.39, 0.29) is 6.61 Å². The van der Waals surface area contributed by atoms with Crippen molar-refractivity contribution in [3.8, 4) is 0 Å². The van der Waals surface area contributed by atoms with Crippen molar-refractivity contribution in [2.75, 3.05) is 31.0 Å². The largest absolute Gasteiger partial charge is 0.394 e. The zero-order valence-corrected chi connectivity index (χ0v) is 22.1. The molecule has 0 spiro atoms. The number of aromatic nitrogens is 3. The van der Waals surface area contributed by atoms with Gasteiger partial charge in [0.15, 0.2) is 21.8 Å². The van der Waals surface area contributed by atoms with Crippen molar-refractivity contribution in [1.82, 2.24) is 15.0 Å². The summed E-state index contributed by atoms with van der Waals surface area (Å²) in [6, 6.07) is 19.2. The molecule has 2 aromatic carbocycles. The van der Waals surface area contributed by atoms with Gasteiger partial charge in [-0.05, 0) is 25.0 Å². The monoisotopic (exact) mass is 525 g/mol. The molecule has 10 heteroatoms. The molecule has 0 unspecified atom stereocenters. The van der Waals surface area contributed by atoms with Crippen LogP contribution in [0.2, 0.25) is 0 Å². The molecule has 0 saturated heterocycles. The number of fused-ring (bicyclic) bond motifs is 1. The fourth-order valence-corrected chi connectivity index (χ4v) is 5.24. The summed E-state index contributed by atoms with van der Waals surface area (Å²) in [7, 11) is 1.60. The summed E-state index contributed by atoms with van der Waals surface area (Å²) in [5.74, 6) is 1.34. The van der Waals surface area contributed by atoms with Gasteiger partial charge in [0.05, 0.1) is 24.8 Å². The zero-order valence-electron chi connectivity index (χ0n) is 20.5. The van der Waals surface area contributed by atoms with E-state index in [0.29, 0.717) is 28.4 Å². The fourth-order valence-electron chi connectivity index (χ4n) is 3.53. The third-order valence-electron chi connectivity index (χ3n) is 5.47. The molecule has 0 amide bonds. The smallest absolute Gasteiger partial charge is 0.191 e. The fraction of sp³-hybridized carbons (Fsp3) is 0.346. The number of aliphatic hydroxyl groups excluding tert-OH is 2. The van der Waals surface area contributed by atoms with Gasteiger partial charge >= 0.3 is 0 Å². The predicted molar refractivity (Wildman–Crippen MR) is 147 cm³/mol. The quantitative estimate of drug-likeness (QED) is 0.154. The van der Waals surface area contributed by atoms with Crippen molar-refractivity contribution in [1.29, 1.82) is 0 Å². The minimum Gasteiger partial charge on any atom is -0.394 e. The molecule has 4 rings (SSSR count). The van der Waals surface area contributed by atoms with Crippen LogP contribution in [0.5, 0.6) is 0 Å². The predicted octanol–water partition coefficient (Wildman–Crippen LogP) is 4.72. The average Bonchev–Trinajstić information content (AvgIpc) is 3.30. The van der Waals surface area contributed by atoms with Crippen molar-refractivity contribution in [2.45, 2.75) is 42.4 Å². The molecule has 0 radical (unpaired) electrons. The minimum atomic E-state index is -0.785. The Bertz CT molecular complexity index is 1250. The second-order valence-electron chi connectivity index (χ2n) is 9.03. The third kappa shape index (κ3) is 6.71. The lowest BCUT2D eigenvalue weighted by Gasteiger charge is -2.24. The molecule has 0 fully saturated rings. The lowest BCUT2D eigenvalue weighted by atomic mass is 10.0. The summed E-state index contributed by atoms with van der Waals surface area (Å²) < 4.78 is 6.14. The van der Waals surface area contributed by atoms with E-state index in [1.165, 1.54) is 28.7 Å². The third-order valence-corrected chi connectivity index (χ3v) is 7.37. The van der Waals surface area contributed by atoms with Gasteiger partial charge in [-0.2, -0.15) is 4.98 Å². The van der Waals surface area contributed by atoms with Gasteiger partial charge in [0.2, 0.25) is 0 Å². The first kappa shape index (κ1) is 26.3. The highest BCUT2D eigenvalue weighted by Crippen LogP contribution is 2.35. The first-order valence-corrected chi connectivity index (χ1v) is 13.4. The number of nitrogens with one attached hydrogen (secondary N) is 2. The van der Waals surface area contributed by atoms with Gasteiger partial charge in [-0.3, -0.25) is 0 Å². The normalized spacial score (nSPS) is 13.5.